The van der Waals surface area contributed by atoms with E-state index in [0.717, 1.165) is 5.56 Å². The van der Waals surface area contributed by atoms with Gasteiger partial charge in [-0.05, 0) is 57.2 Å². The molecule has 2 N–H and O–H groups in total. The molecule has 0 aliphatic carbocycles. The van der Waals surface area contributed by atoms with Gasteiger partial charge in [0.15, 0.2) is 0 Å². The van der Waals surface area contributed by atoms with E-state index in [1.165, 1.54) is 12.1 Å². The molecule has 0 aliphatic rings. The van der Waals surface area contributed by atoms with Crippen molar-refractivity contribution in [3.63, 3.8) is 0 Å². The van der Waals surface area contributed by atoms with Gasteiger partial charge in [-0.2, -0.15) is 0 Å². The zero-order valence-corrected chi connectivity index (χ0v) is 16.5. The Morgan fingerprint density at radius 2 is 1.64 bits per heavy atom. The van der Waals surface area contributed by atoms with E-state index in [-0.39, 0.29) is 16.6 Å². The predicted octanol–water partition coefficient (Wildman–Crippen LogP) is 3.45. The number of carbonyl (C=O) groups excluding carboxylic acids is 1. The second kappa shape index (κ2) is 7.77. The number of anilines is 2. The molecule has 144 valence electrons. The summed E-state index contributed by atoms with van der Waals surface area (Å²) in [4.78, 5) is 20.6. The number of rotatable bonds is 5. The number of benzene rings is 2. The van der Waals surface area contributed by atoms with Gasteiger partial charge >= 0.3 is 0 Å². The van der Waals surface area contributed by atoms with Crippen LogP contribution in [0, 0.1) is 20.8 Å². The number of nitrogens with one attached hydrogen (secondary N) is 2. The molecule has 0 unspecified atom stereocenters. The monoisotopic (exact) mass is 396 g/mol. The molecule has 1 heterocycles. The molecule has 3 aromatic rings. The minimum absolute atomic E-state index is 0.0648. The number of nitrogens with zero attached hydrogens (tertiary/aromatic N) is 2. The van der Waals surface area contributed by atoms with Crippen molar-refractivity contribution in [2.75, 3.05) is 10.0 Å². The van der Waals surface area contributed by atoms with Crippen LogP contribution in [-0.4, -0.2) is 24.3 Å². The molecule has 0 radical (unpaired) electrons. The molecule has 0 fully saturated rings. The van der Waals surface area contributed by atoms with Crippen LogP contribution in [0.15, 0.2) is 59.5 Å². The summed E-state index contributed by atoms with van der Waals surface area (Å²) in [7, 11) is -3.80. The Hall–Kier alpha value is -3.26. The standard InChI is InChI=1S/C20H20N4O3S/c1-13-5-4-6-16(11-13)20(25)23-17-7-9-18(10-8-17)28(26,27)24-19-12-14(2)21-15(3)22-19/h4-12H,1-3H3,(H,23,25)(H,21,22,24). The van der Waals surface area contributed by atoms with Crippen molar-refractivity contribution >= 4 is 27.4 Å². The lowest BCUT2D eigenvalue weighted by Crippen LogP contribution is -2.15. The minimum atomic E-state index is -3.80. The normalized spacial score (nSPS) is 11.1. The molecule has 8 heteroatoms. The van der Waals surface area contributed by atoms with Crippen LogP contribution in [0.5, 0.6) is 0 Å². The fourth-order valence-corrected chi connectivity index (χ4v) is 3.66. The van der Waals surface area contributed by atoms with Crippen molar-refractivity contribution in [2.45, 2.75) is 25.7 Å². The summed E-state index contributed by atoms with van der Waals surface area (Å²) < 4.78 is 27.6. The summed E-state index contributed by atoms with van der Waals surface area (Å²) in [6.45, 7) is 5.36. The van der Waals surface area contributed by atoms with Crippen LogP contribution in [0.3, 0.4) is 0 Å². The van der Waals surface area contributed by atoms with Crippen LogP contribution in [0.4, 0.5) is 11.5 Å². The Balaban J connectivity index is 1.75. The van der Waals surface area contributed by atoms with Crippen LogP contribution in [0.25, 0.3) is 0 Å². The minimum Gasteiger partial charge on any atom is -0.322 e. The first-order valence-corrected chi connectivity index (χ1v) is 10.0. The van der Waals surface area contributed by atoms with Crippen LogP contribution in [-0.2, 0) is 10.0 Å². The Morgan fingerprint density at radius 3 is 2.29 bits per heavy atom. The van der Waals surface area contributed by atoms with Gasteiger partial charge in [-0.15, -0.1) is 0 Å². The largest absolute Gasteiger partial charge is 0.322 e. The third-order valence-electron chi connectivity index (χ3n) is 3.91. The van der Waals surface area contributed by atoms with Crippen LogP contribution >= 0.6 is 0 Å². The summed E-state index contributed by atoms with van der Waals surface area (Å²) in [6.07, 6.45) is 0. The number of sulfonamides is 1. The van der Waals surface area contributed by atoms with Crippen molar-refractivity contribution in [2.24, 2.45) is 0 Å². The molecule has 1 amide bonds. The number of aromatic nitrogens is 2. The highest BCUT2D eigenvalue weighted by Gasteiger charge is 2.16. The van der Waals surface area contributed by atoms with Crippen molar-refractivity contribution in [1.82, 2.24) is 9.97 Å². The van der Waals surface area contributed by atoms with Crippen molar-refractivity contribution in [3.05, 3.63) is 77.2 Å². The second-order valence-electron chi connectivity index (χ2n) is 6.40. The highest BCUT2D eigenvalue weighted by molar-refractivity contribution is 7.92. The maximum absolute atomic E-state index is 12.6. The Labute approximate surface area is 163 Å². The molecule has 0 saturated heterocycles. The fraction of sp³-hybridized carbons (Fsp3) is 0.150. The molecular weight excluding hydrogens is 376 g/mol. The van der Waals surface area contributed by atoms with E-state index in [4.69, 9.17) is 0 Å². The average Bonchev–Trinajstić information content (AvgIpc) is 2.61. The molecule has 0 bridgehead atoms. The highest BCUT2D eigenvalue weighted by Crippen LogP contribution is 2.18. The van der Waals surface area contributed by atoms with Gasteiger partial charge in [-0.3, -0.25) is 9.52 Å². The maximum atomic E-state index is 12.6. The van der Waals surface area contributed by atoms with E-state index >= 15 is 0 Å². The summed E-state index contributed by atoms with van der Waals surface area (Å²) in [5.74, 6) is 0.429. The first-order chi connectivity index (χ1) is 13.2. The zero-order chi connectivity index (χ0) is 20.3. The summed E-state index contributed by atoms with van der Waals surface area (Å²) in [6, 6.07) is 14.7. The van der Waals surface area contributed by atoms with E-state index < -0.39 is 10.0 Å². The van der Waals surface area contributed by atoms with E-state index in [9.17, 15) is 13.2 Å². The lowest BCUT2D eigenvalue weighted by Gasteiger charge is -2.10. The van der Waals surface area contributed by atoms with E-state index in [1.54, 1.807) is 44.2 Å². The first-order valence-electron chi connectivity index (χ1n) is 8.56. The van der Waals surface area contributed by atoms with Crippen LogP contribution in [0.1, 0.15) is 27.4 Å². The van der Waals surface area contributed by atoms with Gasteiger partial charge in [0.2, 0.25) is 0 Å². The molecule has 7 nitrogen and oxygen atoms in total. The Bertz CT molecular complexity index is 1110. The van der Waals surface area contributed by atoms with Gasteiger partial charge in [0.1, 0.15) is 11.6 Å². The van der Waals surface area contributed by atoms with E-state index in [1.807, 2.05) is 19.1 Å². The predicted molar refractivity (Wildman–Crippen MR) is 108 cm³/mol. The SMILES string of the molecule is Cc1cccc(C(=O)Nc2ccc(S(=O)(=O)Nc3cc(C)nc(C)n3)cc2)c1. The van der Waals surface area contributed by atoms with Gasteiger partial charge < -0.3 is 5.32 Å². The molecule has 2 aromatic carbocycles. The van der Waals surface area contributed by atoms with Gasteiger partial charge in [0.05, 0.1) is 4.90 Å². The lowest BCUT2D eigenvalue weighted by molar-refractivity contribution is 0.102. The summed E-state index contributed by atoms with van der Waals surface area (Å²) >= 11 is 0. The molecule has 3 rings (SSSR count). The molecule has 28 heavy (non-hydrogen) atoms. The number of amides is 1. The second-order valence-corrected chi connectivity index (χ2v) is 8.08. The Morgan fingerprint density at radius 1 is 0.929 bits per heavy atom. The van der Waals surface area contributed by atoms with E-state index in [0.29, 0.717) is 22.8 Å². The number of carbonyl (C=O) groups is 1. The average molecular weight is 396 g/mol. The first kappa shape index (κ1) is 19.5. The van der Waals surface area contributed by atoms with Crippen molar-refractivity contribution < 1.29 is 13.2 Å². The maximum Gasteiger partial charge on any atom is 0.263 e. The van der Waals surface area contributed by atoms with Crippen molar-refractivity contribution in [3.8, 4) is 0 Å². The molecule has 0 atom stereocenters. The molecule has 0 saturated carbocycles. The van der Waals surface area contributed by atoms with Crippen LogP contribution in [0.2, 0.25) is 0 Å². The van der Waals surface area contributed by atoms with E-state index in [2.05, 4.69) is 20.0 Å². The lowest BCUT2D eigenvalue weighted by atomic mass is 10.1. The summed E-state index contributed by atoms with van der Waals surface area (Å²) in [5, 5.41) is 2.75. The van der Waals surface area contributed by atoms with Gasteiger partial charge in [0.25, 0.3) is 15.9 Å². The van der Waals surface area contributed by atoms with Crippen LogP contribution < -0.4 is 10.0 Å². The third kappa shape index (κ3) is 4.72. The fourth-order valence-electron chi connectivity index (χ4n) is 2.67. The quantitative estimate of drug-likeness (QED) is 0.688. The number of hydrogen-bond donors (Lipinski definition) is 2. The van der Waals surface area contributed by atoms with Crippen molar-refractivity contribution in [1.29, 1.82) is 0 Å². The zero-order valence-electron chi connectivity index (χ0n) is 15.7. The number of hydrogen-bond acceptors (Lipinski definition) is 5. The highest BCUT2D eigenvalue weighted by atomic mass is 32.2. The van der Waals surface area contributed by atoms with Gasteiger partial charge in [0, 0.05) is 23.0 Å². The molecule has 0 spiro atoms. The topological polar surface area (TPSA) is 101 Å². The molecular formula is C20H20N4O3S. The van der Waals surface area contributed by atoms with Gasteiger partial charge in [-0.1, -0.05) is 17.7 Å². The molecule has 1 aromatic heterocycles. The smallest absolute Gasteiger partial charge is 0.263 e. The third-order valence-corrected chi connectivity index (χ3v) is 5.28. The molecule has 0 aliphatic heterocycles. The Kier molecular flexibility index (Phi) is 5.41. The summed E-state index contributed by atoms with van der Waals surface area (Å²) in [5.41, 5.74) is 2.68. The van der Waals surface area contributed by atoms with Gasteiger partial charge in [-0.25, -0.2) is 18.4 Å². The number of aryl methyl sites for hydroxylation is 3.